The lowest BCUT2D eigenvalue weighted by Crippen LogP contribution is -2.49. The largest absolute Gasteiger partial charge is 0.493 e. The molecule has 0 aliphatic carbocycles. The Morgan fingerprint density at radius 1 is 0.789 bits per heavy atom. The molecule has 0 aromatic heterocycles. The molecular formula is C27H34ClN3O6S. The third-order valence-corrected chi connectivity index (χ3v) is 6.65. The van der Waals surface area contributed by atoms with Crippen LogP contribution in [0.5, 0.6) is 34.5 Å². The number of halogens is 1. The average molecular weight is 564 g/mol. The van der Waals surface area contributed by atoms with Crippen molar-refractivity contribution in [1.29, 1.82) is 0 Å². The van der Waals surface area contributed by atoms with E-state index in [4.69, 9.17) is 40.6 Å². The molecule has 2 heterocycles. The summed E-state index contributed by atoms with van der Waals surface area (Å²) in [5.74, 6) is 3.46. The molecule has 206 valence electrons. The quantitative estimate of drug-likeness (QED) is 0.460. The molecule has 38 heavy (non-hydrogen) atoms. The summed E-state index contributed by atoms with van der Waals surface area (Å²) in [4.78, 5) is 2.26. The fourth-order valence-electron chi connectivity index (χ4n) is 4.82. The van der Waals surface area contributed by atoms with Crippen LogP contribution in [0.1, 0.15) is 17.2 Å². The maximum absolute atomic E-state index is 5.64. The third-order valence-electron chi connectivity index (χ3n) is 6.43. The number of hydrogen-bond donors (Lipinski definition) is 2. The summed E-state index contributed by atoms with van der Waals surface area (Å²) < 4.78 is 33.3. The SMILES string of the molecule is COc1cc(/C=C2\CN(C)CC3=C2NC(=S)NC3c2cc(OC)c(OC)c(OC)c2)cc(OC)c1OC.Cl. The van der Waals surface area contributed by atoms with Crippen molar-refractivity contribution in [2.45, 2.75) is 6.04 Å². The molecule has 0 amide bonds. The normalized spacial score (nSPS) is 18.0. The summed E-state index contributed by atoms with van der Waals surface area (Å²) in [5.41, 5.74) is 5.10. The number of nitrogens with zero attached hydrogens (tertiary/aromatic N) is 1. The summed E-state index contributed by atoms with van der Waals surface area (Å²) in [6.07, 6.45) is 2.11. The van der Waals surface area contributed by atoms with Gasteiger partial charge in [-0.15, -0.1) is 12.4 Å². The highest BCUT2D eigenvalue weighted by Crippen LogP contribution is 2.43. The van der Waals surface area contributed by atoms with Gasteiger partial charge in [0, 0.05) is 18.8 Å². The third kappa shape index (κ3) is 5.57. The van der Waals surface area contributed by atoms with Crippen molar-refractivity contribution >= 4 is 35.8 Å². The number of hydrogen-bond acceptors (Lipinski definition) is 8. The van der Waals surface area contributed by atoms with Crippen molar-refractivity contribution in [1.82, 2.24) is 15.5 Å². The van der Waals surface area contributed by atoms with Crippen LogP contribution in [0.4, 0.5) is 0 Å². The van der Waals surface area contributed by atoms with E-state index in [2.05, 4.69) is 28.7 Å². The molecule has 2 aliphatic rings. The molecule has 2 aromatic carbocycles. The fourth-order valence-corrected chi connectivity index (χ4v) is 5.04. The first-order chi connectivity index (χ1) is 17.9. The van der Waals surface area contributed by atoms with Gasteiger partial charge in [0.2, 0.25) is 11.5 Å². The van der Waals surface area contributed by atoms with Crippen LogP contribution in [0.2, 0.25) is 0 Å². The highest BCUT2D eigenvalue weighted by molar-refractivity contribution is 7.80. The Hall–Kier alpha value is -3.34. The molecule has 0 radical (unpaired) electrons. The Kier molecular flexibility index (Phi) is 9.59. The molecule has 1 atom stereocenters. The van der Waals surface area contributed by atoms with E-state index in [9.17, 15) is 0 Å². The van der Waals surface area contributed by atoms with Gasteiger partial charge in [0.25, 0.3) is 0 Å². The number of rotatable bonds is 8. The monoisotopic (exact) mass is 563 g/mol. The molecule has 1 unspecified atom stereocenters. The molecule has 11 heteroatoms. The van der Waals surface area contributed by atoms with E-state index >= 15 is 0 Å². The van der Waals surface area contributed by atoms with E-state index in [0.29, 0.717) is 39.6 Å². The van der Waals surface area contributed by atoms with Gasteiger partial charge in [0.15, 0.2) is 28.1 Å². The molecule has 0 fully saturated rings. The number of likely N-dealkylation sites (N-methyl/N-ethyl adjacent to an activating group) is 1. The van der Waals surface area contributed by atoms with Gasteiger partial charge >= 0.3 is 0 Å². The Bertz CT molecular complexity index is 1220. The van der Waals surface area contributed by atoms with Crippen LogP contribution in [0.3, 0.4) is 0 Å². The minimum Gasteiger partial charge on any atom is -0.493 e. The van der Waals surface area contributed by atoms with E-state index in [1.807, 2.05) is 24.3 Å². The van der Waals surface area contributed by atoms with Gasteiger partial charge in [0.1, 0.15) is 0 Å². The van der Waals surface area contributed by atoms with Crippen LogP contribution in [0.15, 0.2) is 41.1 Å². The van der Waals surface area contributed by atoms with E-state index in [-0.39, 0.29) is 18.4 Å². The van der Waals surface area contributed by atoms with E-state index in [0.717, 1.165) is 41.1 Å². The molecule has 0 spiro atoms. The predicted octanol–water partition coefficient (Wildman–Crippen LogP) is 3.96. The van der Waals surface area contributed by atoms with E-state index < -0.39 is 0 Å². The molecule has 2 N–H and O–H groups in total. The predicted molar refractivity (Wildman–Crippen MR) is 154 cm³/mol. The van der Waals surface area contributed by atoms with Gasteiger partial charge in [-0.3, -0.25) is 4.90 Å². The first kappa shape index (κ1) is 29.2. The maximum Gasteiger partial charge on any atom is 0.203 e. The fraction of sp³-hybridized carbons (Fsp3) is 0.370. The van der Waals surface area contributed by atoms with Gasteiger partial charge in [-0.25, -0.2) is 0 Å². The first-order valence-corrected chi connectivity index (χ1v) is 12.1. The summed E-state index contributed by atoms with van der Waals surface area (Å²) in [7, 11) is 11.7. The molecule has 2 aliphatic heterocycles. The standard InChI is InChI=1S/C27H33N3O6S.ClH/c1-30-13-17(8-15-9-19(31-2)25(35-6)20(10-15)32-3)24-18(14-30)23(28-27(37)29-24)16-11-21(33-4)26(36-7)22(12-16)34-5;/h8-12,23H,13-14H2,1-7H3,(H2,28,29,37);1H/b17-8+;. The zero-order valence-electron chi connectivity index (χ0n) is 22.6. The smallest absolute Gasteiger partial charge is 0.203 e. The molecule has 0 bridgehead atoms. The van der Waals surface area contributed by atoms with Gasteiger partial charge in [-0.1, -0.05) is 0 Å². The molecule has 4 rings (SSSR count). The molecule has 9 nitrogen and oxygen atoms in total. The minimum absolute atomic E-state index is 0. The Morgan fingerprint density at radius 3 is 1.76 bits per heavy atom. The zero-order valence-corrected chi connectivity index (χ0v) is 24.2. The van der Waals surface area contributed by atoms with Crippen molar-refractivity contribution in [2.24, 2.45) is 0 Å². The number of benzene rings is 2. The van der Waals surface area contributed by atoms with Crippen molar-refractivity contribution in [3.05, 3.63) is 52.2 Å². The van der Waals surface area contributed by atoms with Crippen LogP contribution >= 0.6 is 24.6 Å². The number of ether oxygens (including phenoxy) is 6. The lowest BCUT2D eigenvalue weighted by atomic mass is 9.89. The van der Waals surface area contributed by atoms with Crippen LogP contribution in [0, 0.1) is 0 Å². The number of methoxy groups -OCH3 is 6. The molecule has 2 aromatic rings. The summed E-state index contributed by atoms with van der Waals surface area (Å²) in [6, 6.07) is 7.57. The van der Waals surface area contributed by atoms with E-state index in [1.165, 1.54) is 0 Å². The van der Waals surface area contributed by atoms with Gasteiger partial charge in [-0.05, 0) is 71.9 Å². The second-order valence-electron chi connectivity index (χ2n) is 8.69. The lowest BCUT2D eigenvalue weighted by Gasteiger charge is -2.39. The van der Waals surface area contributed by atoms with Crippen molar-refractivity contribution < 1.29 is 28.4 Å². The zero-order chi connectivity index (χ0) is 26.7. The van der Waals surface area contributed by atoms with Gasteiger partial charge in [0.05, 0.1) is 48.7 Å². The molecular weight excluding hydrogens is 530 g/mol. The van der Waals surface area contributed by atoms with Crippen LogP contribution in [-0.4, -0.2) is 72.8 Å². The summed E-state index contributed by atoms with van der Waals surface area (Å²) >= 11 is 5.64. The van der Waals surface area contributed by atoms with Crippen molar-refractivity contribution in [3.63, 3.8) is 0 Å². The highest BCUT2D eigenvalue weighted by Gasteiger charge is 2.33. The van der Waals surface area contributed by atoms with Crippen molar-refractivity contribution in [2.75, 3.05) is 62.8 Å². The molecule has 0 saturated heterocycles. The topological polar surface area (TPSA) is 82.7 Å². The molecule has 0 saturated carbocycles. The lowest BCUT2D eigenvalue weighted by molar-refractivity contribution is 0.323. The Morgan fingerprint density at radius 2 is 1.29 bits per heavy atom. The second-order valence-corrected chi connectivity index (χ2v) is 9.10. The van der Waals surface area contributed by atoms with Crippen LogP contribution in [0.25, 0.3) is 6.08 Å². The van der Waals surface area contributed by atoms with Crippen molar-refractivity contribution in [3.8, 4) is 34.5 Å². The van der Waals surface area contributed by atoms with Crippen LogP contribution < -0.4 is 39.1 Å². The van der Waals surface area contributed by atoms with Crippen LogP contribution in [-0.2, 0) is 0 Å². The minimum atomic E-state index is -0.191. The number of nitrogens with one attached hydrogen (secondary N) is 2. The van der Waals surface area contributed by atoms with Gasteiger partial charge in [-0.2, -0.15) is 0 Å². The Balaban J connectivity index is 0.00000400. The first-order valence-electron chi connectivity index (χ1n) is 11.7. The maximum atomic E-state index is 5.64. The Labute approximate surface area is 235 Å². The number of thiocarbonyl (C=S) groups is 1. The average Bonchev–Trinajstić information content (AvgIpc) is 2.91. The van der Waals surface area contributed by atoms with E-state index in [1.54, 1.807) is 42.7 Å². The van der Waals surface area contributed by atoms with Gasteiger partial charge < -0.3 is 39.1 Å². The highest BCUT2D eigenvalue weighted by atomic mass is 35.5. The summed E-state index contributed by atoms with van der Waals surface area (Å²) in [5, 5.41) is 7.37. The summed E-state index contributed by atoms with van der Waals surface area (Å²) in [6.45, 7) is 1.47. The second kappa shape index (κ2) is 12.5.